The van der Waals surface area contributed by atoms with E-state index in [2.05, 4.69) is 25.8 Å². The van der Waals surface area contributed by atoms with Crippen LogP contribution in [0.15, 0.2) is 14.5 Å². The van der Waals surface area contributed by atoms with Gasteiger partial charge in [-0.25, -0.2) is 13.6 Å². The van der Waals surface area contributed by atoms with Crippen LogP contribution < -0.4 is 5.14 Å². The van der Waals surface area contributed by atoms with E-state index in [1.54, 1.807) is 17.8 Å². The second kappa shape index (κ2) is 5.13. The lowest BCUT2D eigenvalue weighted by molar-refractivity contribution is 0.240. The van der Waals surface area contributed by atoms with Gasteiger partial charge in [-0.1, -0.05) is 13.8 Å². The molecular weight excluding hydrogens is 288 g/mol. The fourth-order valence-corrected chi connectivity index (χ4v) is 5.92. The Morgan fingerprint density at radius 1 is 1.56 bits per heavy atom. The summed E-state index contributed by atoms with van der Waals surface area (Å²) in [7, 11) is -1.51. The SMILES string of the molecule is CCN(C)C1CC(C)Sc2sc(S(N)(=O)=O)cc21. The van der Waals surface area contributed by atoms with Crippen LogP contribution in [0.5, 0.6) is 0 Å². The fraction of sp³-hybridized carbons (Fsp3) is 0.636. The van der Waals surface area contributed by atoms with Crippen LogP contribution >= 0.6 is 23.1 Å². The summed E-state index contributed by atoms with van der Waals surface area (Å²) in [5.74, 6) is 0. The van der Waals surface area contributed by atoms with E-state index in [0.717, 1.165) is 22.7 Å². The number of hydrogen-bond donors (Lipinski definition) is 1. The molecular formula is C11H18N2O2S3. The molecule has 102 valence electrons. The smallest absolute Gasteiger partial charge is 0.247 e. The van der Waals surface area contributed by atoms with Gasteiger partial charge in [0.25, 0.3) is 0 Å². The summed E-state index contributed by atoms with van der Waals surface area (Å²) in [6.45, 7) is 5.24. The van der Waals surface area contributed by atoms with Crippen molar-refractivity contribution in [3.05, 3.63) is 11.6 Å². The molecule has 2 atom stereocenters. The zero-order chi connectivity index (χ0) is 13.5. The van der Waals surface area contributed by atoms with Crippen molar-refractivity contribution in [2.24, 2.45) is 5.14 Å². The first kappa shape index (κ1) is 14.3. The van der Waals surface area contributed by atoms with Crippen molar-refractivity contribution in [1.29, 1.82) is 0 Å². The summed E-state index contributed by atoms with van der Waals surface area (Å²) in [6, 6.07) is 2.05. The largest absolute Gasteiger partial charge is 0.300 e. The standard InChI is InChI=1S/C11H18N2O2S3/c1-4-13(3)9-5-7(2)16-11-8(9)6-10(17-11)18(12,14)15/h6-7,9H,4-5H2,1-3H3,(H2,12,14,15). The van der Waals surface area contributed by atoms with Gasteiger partial charge in [0.05, 0.1) is 4.21 Å². The lowest BCUT2D eigenvalue weighted by Gasteiger charge is -2.33. The van der Waals surface area contributed by atoms with E-state index < -0.39 is 10.0 Å². The van der Waals surface area contributed by atoms with Crippen LogP contribution in [0.3, 0.4) is 0 Å². The molecule has 1 aromatic rings. The Labute approximate surface area is 117 Å². The molecule has 0 bridgehead atoms. The molecule has 0 aromatic carbocycles. The van der Waals surface area contributed by atoms with Crippen molar-refractivity contribution < 1.29 is 8.42 Å². The third-order valence-electron chi connectivity index (χ3n) is 3.24. The third-order valence-corrected chi connectivity index (χ3v) is 7.19. The first-order chi connectivity index (χ1) is 8.32. The molecule has 2 heterocycles. The zero-order valence-electron chi connectivity index (χ0n) is 10.7. The number of rotatable bonds is 3. The predicted molar refractivity (Wildman–Crippen MR) is 76.7 cm³/mol. The molecule has 2 N–H and O–H groups in total. The number of fused-ring (bicyclic) bond motifs is 1. The van der Waals surface area contributed by atoms with Crippen LogP contribution in [0.25, 0.3) is 0 Å². The molecule has 2 unspecified atom stereocenters. The Hall–Kier alpha value is -0.0800. The topological polar surface area (TPSA) is 63.4 Å². The van der Waals surface area contributed by atoms with E-state index in [1.165, 1.54) is 11.3 Å². The van der Waals surface area contributed by atoms with Crippen molar-refractivity contribution in [2.45, 2.75) is 40.0 Å². The van der Waals surface area contributed by atoms with Crippen molar-refractivity contribution >= 4 is 33.1 Å². The minimum Gasteiger partial charge on any atom is -0.300 e. The molecule has 7 heteroatoms. The van der Waals surface area contributed by atoms with Gasteiger partial charge in [0.2, 0.25) is 10.0 Å². The Balaban J connectivity index is 2.45. The number of nitrogens with two attached hydrogens (primary N) is 1. The summed E-state index contributed by atoms with van der Waals surface area (Å²) >= 11 is 3.05. The van der Waals surface area contributed by atoms with Gasteiger partial charge < -0.3 is 0 Å². The average molecular weight is 306 g/mol. The van der Waals surface area contributed by atoms with E-state index in [-0.39, 0.29) is 4.21 Å². The molecule has 2 rings (SSSR count). The zero-order valence-corrected chi connectivity index (χ0v) is 13.2. The molecule has 18 heavy (non-hydrogen) atoms. The first-order valence-corrected chi connectivity index (χ1v) is 9.10. The Morgan fingerprint density at radius 3 is 2.78 bits per heavy atom. The second-order valence-electron chi connectivity index (χ2n) is 4.61. The van der Waals surface area contributed by atoms with Crippen LogP contribution in [-0.2, 0) is 10.0 Å². The van der Waals surface area contributed by atoms with Crippen LogP contribution in [-0.4, -0.2) is 32.2 Å². The fourth-order valence-electron chi connectivity index (χ4n) is 2.14. The number of sulfonamides is 1. The Kier molecular flexibility index (Phi) is 4.08. The van der Waals surface area contributed by atoms with Crippen molar-refractivity contribution in [2.75, 3.05) is 13.6 Å². The van der Waals surface area contributed by atoms with Crippen LogP contribution in [0, 0.1) is 0 Å². The molecule has 0 saturated heterocycles. The number of thioether (sulfide) groups is 1. The lowest BCUT2D eigenvalue weighted by atomic mass is 10.0. The molecule has 0 saturated carbocycles. The lowest BCUT2D eigenvalue weighted by Crippen LogP contribution is -2.28. The van der Waals surface area contributed by atoms with Crippen molar-refractivity contribution in [1.82, 2.24) is 4.90 Å². The van der Waals surface area contributed by atoms with Crippen LogP contribution in [0.1, 0.15) is 31.9 Å². The van der Waals surface area contributed by atoms with E-state index in [4.69, 9.17) is 5.14 Å². The number of primary sulfonamides is 1. The molecule has 1 aliphatic rings. The van der Waals surface area contributed by atoms with Gasteiger partial charge in [-0.15, -0.1) is 23.1 Å². The van der Waals surface area contributed by atoms with Crippen molar-refractivity contribution in [3.8, 4) is 0 Å². The van der Waals surface area contributed by atoms with Gasteiger partial charge in [0.15, 0.2) is 0 Å². The molecule has 1 aromatic heterocycles. The summed E-state index contributed by atoms with van der Waals surface area (Å²) in [5, 5.41) is 5.72. The minimum atomic E-state index is -3.58. The highest BCUT2D eigenvalue weighted by Gasteiger charge is 2.31. The second-order valence-corrected chi connectivity index (χ2v) is 9.15. The first-order valence-electron chi connectivity index (χ1n) is 5.86. The molecule has 0 amide bonds. The summed E-state index contributed by atoms with van der Waals surface area (Å²) in [5.41, 5.74) is 1.12. The highest BCUT2D eigenvalue weighted by molar-refractivity contribution is 8.02. The maximum Gasteiger partial charge on any atom is 0.247 e. The highest BCUT2D eigenvalue weighted by Crippen LogP contribution is 2.47. The highest BCUT2D eigenvalue weighted by atomic mass is 32.3. The van der Waals surface area contributed by atoms with Crippen molar-refractivity contribution in [3.63, 3.8) is 0 Å². The van der Waals surface area contributed by atoms with Gasteiger partial charge in [0.1, 0.15) is 4.21 Å². The number of hydrogen-bond acceptors (Lipinski definition) is 5. The summed E-state index contributed by atoms with van der Waals surface area (Å²) < 4.78 is 24.3. The quantitative estimate of drug-likeness (QED) is 0.930. The maximum absolute atomic E-state index is 11.4. The third kappa shape index (κ3) is 2.75. The maximum atomic E-state index is 11.4. The monoisotopic (exact) mass is 306 g/mol. The minimum absolute atomic E-state index is 0.281. The normalized spacial score (nSPS) is 24.3. The molecule has 4 nitrogen and oxygen atoms in total. The van der Waals surface area contributed by atoms with Gasteiger partial charge in [-0.3, -0.25) is 4.90 Å². The van der Waals surface area contributed by atoms with E-state index >= 15 is 0 Å². The average Bonchev–Trinajstić information content (AvgIpc) is 2.70. The van der Waals surface area contributed by atoms with Crippen LogP contribution in [0.4, 0.5) is 0 Å². The van der Waals surface area contributed by atoms with Crippen LogP contribution in [0.2, 0.25) is 0 Å². The Morgan fingerprint density at radius 2 is 2.22 bits per heavy atom. The molecule has 0 aliphatic carbocycles. The number of nitrogens with zero attached hydrogens (tertiary/aromatic N) is 1. The van der Waals surface area contributed by atoms with Gasteiger partial charge in [0, 0.05) is 11.3 Å². The van der Waals surface area contributed by atoms with E-state index in [0.29, 0.717) is 11.3 Å². The van der Waals surface area contributed by atoms with E-state index in [9.17, 15) is 8.42 Å². The molecule has 0 radical (unpaired) electrons. The summed E-state index contributed by atoms with van der Waals surface area (Å²) in [6.07, 6.45) is 1.04. The molecule has 0 spiro atoms. The number of thiophene rings is 1. The van der Waals surface area contributed by atoms with Gasteiger partial charge in [-0.05, 0) is 31.6 Å². The van der Waals surface area contributed by atoms with Gasteiger partial charge >= 0.3 is 0 Å². The summed E-state index contributed by atoms with van der Waals surface area (Å²) in [4.78, 5) is 2.26. The van der Waals surface area contributed by atoms with E-state index in [1.807, 2.05) is 0 Å². The molecule has 0 fully saturated rings. The Bertz CT molecular complexity index is 538. The predicted octanol–water partition coefficient (Wildman–Crippen LogP) is 2.27. The molecule has 1 aliphatic heterocycles. The van der Waals surface area contributed by atoms with Gasteiger partial charge in [-0.2, -0.15) is 0 Å².